The lowest BCUT2D eigenvalue weighted by atomic mass is 9.97. The maximum absolute atomic E-state index is 12.4. The third kappa shape index (κ3) is 4.08. The predicted octanol–water partition coefficient (Wildman–Crippen LogP) is 2.66. The van der Waals surface area contributed by atoms with Gasteiger partial charge in [0.25, 0.3) is 0 Å². The van der Waals surface area contributed by atoms with E-state index in [4.69, 9.17) is 4.84 Å². The maximum atomic E-state index is 12.4. The molecule has 1 atom stereocenters. The average molecular weight is 283 g/mol. The quantitative estimate of drug-likeness (QED) is 0.627. The van der Waals surface area contributed by atoms with E-state index in [0.29, 0.717) is 11.1 Å². The fourth-order valence-electron chi connectivity index (χ4n) is 2.06. The van der Waals surface area contributed by atoms with Crippen molar-refractivity contribution in [2.45, 2.75) is 12.5 Å². The summed E-state index contributed by atoms with van der Waals surface area (Å²) in [4.78, 5) is 29.5. The van der Waals surface area contributed by atoms with Gasteiger partial charge in [-0.05, 0) is 0 Å². The summed E-state index contributed by atoms with van der Waals surface area (Å²) in [5, 5.41) is 0. The Morgan fingerprint density at radius 3 is 2.00 bits per heavy atom. The Labute approximate surface area is 123 Å². The van der Waals surface area contributed by atoms with Crippen molar-refractivity contribution in [3.8, 4) is 0 Å². The molecule has 4 heteroatoms. The number of ketones is 2. The van der Waals surface area contributed by atoms with Gasteiger partial charge in [-0.1, -0.05) is 60.7 Å². The molecule has 1 unspecified atom stereocenters. The van der Waals surface area contributed by atoms with Crippen LogP contribution in [0.5, 0.6) is 0 Å². The molecule has 2 rings (SSSR count). The Kier molecular flexibility index (Phi) is 5.37. The zero-order valence-corrected chi connectivity index (χ0v) is 11.8. The number of rotatable bonds is 7. The molecule has 0 amide bonds. The van der Waals surface area contributed by atoms with Gasteiger partial charge in [-0.3, -0.25) is 9.59 Å². The van der Waals surface area contributed by atoms with Crippen molar-refractivity contribution in [1.29, 1.82) is 0 Å². The van der Waals surface area contributed by atoms with Crippen LogP contribution in [-0.2, 0) is 4.84 Å². The van der Waals surface area contributed by atoms with Gasteiger partial charge in [-0.15, -0.1) is 0 Å². The lowest BCUT2D eigenvalue weighted by molar-refractivity contribution is 0.0473. The molecule has 0 fully saturated rings. The molecule has 0 radical (unpaired) electrons. The number of hydrogen-bond donors (Lipinski definition) is 1. The van der Waals surface area contributed by atoms with Crippen LogP contribution in [0.15, 0.2) is 60.7 Å². The summed E-state index contributed by atoms with van der Waals surface area (Å²) in [5.74, 6) is -0.267. The van der Waals surface area contributed by atoms with E-state index in [0.717, 1.165) is 0 Å². The van der Waals surface area contributed by atoms with Crippen LogP contribution in [0.3, 0.4) is 0 Å². The molecule has 0 spiro atoms. The van der Waals surface area contributed by atoms with E-state index in [2.05, 4.69) is 5.48 Å². The summed E-state index contributed by atoms with van der Waals surface area (Å²) in [6.07, 6.45) is 0.0472. The molecule has 0 aromatic heterocycles. The molecule has 0 aliphatic heterocycles. The van der Waals surface area contributed by atoms with Crippen molar-refractivity contribution in [1.82, 2.24) is 5.48 Å². The summed E-state index contributed by atoms with van der Waals surface area (Å²) < 4.78 is 0. The fraction of sp³-hybridized carbons (Fsp3) is 0.176. The summed E-state index contributed by atoms with van der Waals surface area (Å²) in [6.45, 7) is 0. The maximum Gasteiger partial charge on any atom is 0.182 e. The Bertz CT molecular complexity index is 596. The fourth-order valence-corrected chi connectivity index (χ4v) is 2.06. The molecule has 0 aliphatic carbocycles. The van der Waals surface area contributed by atoms with Crippen molar-refractivity contribution in [3.05, 3.63) is 71.8 Å². The number of hydrogen-bond acceptors (Lipinski definition) is 4. The van der Waals surface area contributed by atoms with Gasteiger partial charge in [0.1, 0.15) is 6.04 Å². The Balaban J connectivity index is 2.12. The van der Waals surface area contributed by atoms with Crippen LogP contribution in [0, 0.1) is 0 Å². The number of hydroxylamine groups is 1. The average Bonchev–Trinajstić information content (AvgIpc) is 2.55. The zero-order valence-electron chi connectivity index (χ0n) is 11.8. The minimum atomic E-state index is -0.704. The van der Waals surface area contributed by atoms with E-state index in [9.17, 15) is 9.59 Å². The number of nitrogens with one attached hydrogen (secondary N) is 1. The monoisotopic (exact) mass is 283 g/mol. The minimum absolute atomic E-state index is 0.0472. The first-order valence-electron chi connectivity index (χ1n) is 6.68. The van der Waals surface area contributed by atoms with Crippen molar-refractivity contribution in [2.24, 2.45) is 0 Å². The third-order valence-electron chi connectivity index (χ3n) is 3.12. The number of carbonyl (C=O) groups excluding carboxylic acids is 2. The highest BCUT2D eigenvalue weighted by Crippen LogP contribution is 2.10. The largest absolute Gasteiger partial charge is 0.304 e. The standard InChI is InChI=1S/C17H17NO3/c1-21-18-15(17(20)14-10-6-3-7-11-14)12-16(19)13-8-4-2-5-9-13/h2-11,15,18H,12H2,1H3. The van der Waals surface area contributed by atoms with Gasteiger partial charge in [-0.25, -0.2) is 0 Å². The second-order valence-electron chi connectivity index (χ2n) is 4.60. The molecular weight excluding hydrogens is 266 g/mol. The topological polar surface area (TPSA) is 55.4 Å². The highest BCUT2D eigenvalue weighted by atomic mass is 16.6. The SMILES string of the molecule is CONC(CC(=O)c1ccccc1)C(=O)c1ccccc1. The van der Waals surface area contributed by atoms with Crippen molar-refractivity contribution < 1.29 is 14.4 Å². The third-order valence-corrected chi connectivity index (χ3v) is 3.12. The second-order valence-corrected chi connectivity index (χ2v) is 4.60. The lowest BCUT2D eigenvalue weighted by Crippen LogP contribution is -2.38. The molecule has 0 bridgehead atoms. The molecule has 2 aromatic rings. The first kappa shape index (κ1) is 15.1. The van der Waals surface area contributed by atoms with Gasteiger partial charge < -0.3 is 4.84 Å². The predicted molar refractivity (Wildman–Crippen MR) is 80.1 cm³/mol. The summed E-state index contributed by atoms with van der Waals surface area (Å²) in [5.41, 5.74) is 3.74. The van der Waals surface area contributed by atoms with Crippen LogP contribution in [0.2, 0.25) is 0 Å². The van der Waals surface area contributed by atoms with Crippen LogP contribution in [-0.4, -0.2) is 24.7 Å². The van der Waals surface area contributed by atoms with Crippen molar-refractivity contribution in [2.75, 3.05) is 7.11 Å². The van der Waals surface area contributed by atoms with E-state index in [-0.39, 0.29) is 18.0 Å². The van der Waals surface area contributed by atoms with Crippen LogP contribution in [0.4, 0.5) is 0 Å². The highest BCUT2D eigenvalue weighted by molar-refractivity contribution is 6.05. The molecule has 4 nitrogen and oxygen atoms in total. The van der Waals surface area contributed by atoms with E-state index in [1.807, 2.05) is 12.1 Å². The summed E-state index contributed by atoms with van der Waals surface area (Å²) in [6, 6.07) is 17.1. The minimum Gasteiger partial charge on any atom is -0.304 e. The van der Waals surface area contributed by atoms with E-state index in [1.165, 1.54) is 7.11 Å². The number of Topliss-reactive ketones (excluding diaryl/α,β-unsaturated/α-hetero) is 2. The Hall–Kier alpha value is -2.30. The smallest absolute Gasteiger partial charge is 0.182 e. The molecular formula is C17H17NO3. The van der Waals surface area contributed by atoms with Crippen LogP contribution < -0.4 is 5.48 Å². The van der Waals surface area contributed by atoms with Crippen LogP contribution >= 0.6 is 0 Å². The Morgan fingerprint density at radius 2 is 1.48 bits per heavy atom. The van der Waals surface area contributed by atoms with E-state index in [1.54, 1.807) is 48.5 Å². The highest BCUT2D eigenvalue weighted by Gasteiger charge is 2.23. The van der Waals surface area contributed by atoms with Crippen LogP contribution in [0.25, 0.3) is 0 Å². The molecule has 2 aromatic carbocycles. The number of benzene rings is 2. The van der Waals surface area contributed by atoms with E-state index < -0.39 is 6.04 Å². The van der Waals surface area contributed by atoms with E-state index >= 15 is 0 Å². The van der Waals surface area contributed by atoms with Crippen LogP contribution in [0.1, 0.15) is 27.1 Å². The molecule has 1 N–H and O–H groups in total. The molecule has 21 heavy (non-hydrogen) atoms. The first-order chi connectivity index (χ1) is 10.2. The molecule has 0 aliphatic rings. The first-order valence-corrected chi connectivity index (χ1v) is 6.68. The number of carbonyl (C=O) groups is 2. The Morgan fingerprint density at radius 1 is 0.952 bits per heavy atom. The molecule has 0 heterocycles. The second kappa shape index (κ2) is 7.47. The summed E-state index contributed by atoms with van der Waals surface area (Å²) in [7, 11) is 1.43. The van der Waals surface area contributed by atoms with Crippen molar-refractivity contribution >= 4 is 11.6 Å². The van der Waals surface area contributed by atoms with Gasteiger partial charge in [-0.2, -0.15) is 5.48 Å². The lowest BCUT2D eigenvalue weighted by Gasteiger charge is -2.15. The van der Waals surface area contributed by atoms with Gasteiger partial charge in [0.2, 0.25) is 0 Å². The van der Waals surface area contributed by atoms with Gasteiger partial charge in [0.05, 0.1) is 7.11 Å². The molecule has 0 saturated heterocycles. The molecule has 108 valence electrons. The molecule has 0 saturated carbocycles. The van der Waals surface area contributed by atoms with Gasteiger partial charge >= 0.3 is 0 Å². The van der Waals surface area contributed by atoms with Crippen molar-refractivity contribution in [3.63, 3.8) is 0 Å². The zero-order chi connectivity index (χ0) is 15.1. The van der Waals surface area contributed by atoms with Gasteiger partial charge in [0, 0.05) is 17.5 Å². The normalized spacial score (nSPS) is 11.9. The van der Waals surface area contributed by atoms with Gasteiger partial charge in [0.15, 0.2) is 11.6 Å². The summed E-state index contributed by atoms with van der Waals surface area (Å²) >= 11 is 0.